The van der Waals surface area contributed by atoms with Crippen LogP contribution in [0.5, 0.6) is 0 Å². The van der Waals surface area contributed by atoms with Gasteiger partial charge >= 0.3 is 0 Å². The van der Waals surface area contributed by atoms with Gasteiger partial charge < -0.3 is 5.32 Å². The van der Waals surface area contributed by atoms with Crippen molar-refractivity contribution < 1.29 is 4.39 Å². The van der Waals surface area contributed by atoms with Crippen LogP contribution in [0.3, 0.4) is 0 Å². The average molecular weight is 299 g/mol. The van der Waals surface area contributed by atoms with Gasteiger partial charge in [0.25, 0.3) is 0 Å². The first-order chi connectivity index (χ1) is 9.01. The summed E-state index contributed by atoms with van der Waals surface area (Å²) in [5.41, 5.74) is 1.97. The minimum absolute atomic E-state index is 0.0399. The van der Waals surface area contributed by atoms with Crippen LogP contribution in [0.1, 0.15) is 27.2 Å². The maximum absolute atomic E-state index is 13.1. The van der Waals surface area contributed by atoms with Gasteiger partial charge in [-0.05, 0) is 38.6 Å². The summed E-state index contributed by atoms with van der Waals surface area (Å²) in [7, 11) is 1.87. The summed E-state index contributed by atoms with van der Waals surface area (Å²) in [6, 6.07) is 4.55. The molecule has 1 aromatic heterocycles. The lowest BCUT2D eigenvalue weighted by molar-refractivity contribution is 0.584. The molecule has 0 saturated heterocycles. The molecule has 1 aromatic carbocycles. The largest absolute Gasteiger partial charge is 0.313 e. The second-order valence-corrected chi connectivity index (χ2v) is 6.16. The zero-order valence-electron chi connectivity index (χ0n) is 11.1. The molecule has 0 amide bonds. The molecule has 19 heavy (non-hydrogen) atoms. The fourth-order valence-electron chi connectivity index (χ4n) is 1.95. The van der Waals surface area contributed by atoms with Crippen molar-refractivity contribution >= 4 is 22.9 Å². The van der Waals surface area contributed by atoms with Crippen molar-refractivity contribution in [2.45, 2.75) is 26.3 Å². The van der Waals surface area contributed by atoms with Crippen LogP contribution < -0.4 is 5.32 Å². The van der Waals surface area contributed by atoms with Crippen molar-refractivity contribution in [1.29, 1.82) is 0 Å². The van der Waals surface area contributed by atoms with E-state index < -0.39 is 0 Å². The highest BCUT2D eigenvalue weighted by molar-refractivity contribution is 7.11. The molecule has 0 fully saturated rings. The van der Waals surface area contributed by atoms with E-state index in [0.717, 1.165) is 22.7 Å². The number of rotatable bonds is 4. The number of nitrogens with one attached hydrogen (secondary N) is 1. The van der Waals surface area contributed by atoms with E-state index in [4.69, 9.17) is 11.6 Å². The van der Waals surface area contributed by atoms with Gasteiger partial charge in [-0.3, -0.25) is 0 Å². The predicted octanol–water partition coefficient (Wildman–Crippen LogP) is 4.06. The quantitative estimate of drug-likeness (QED) is 0.921. The van der Waals surface area contributed by atoms with Gasteiger partial charge in [-0.25, -0.2) is 9.37 Å². The molecule has 2 aromatic rings. The monoisotopic (exact) mass is 298 g/mol. The summed E-state index contributed by atoms with van der Waals surface area (Å²) in [6.45, 7) is 4.07. The molecule has 1 heterocycles. The highest BCUT2D eigenvalue weighted by Gasteiger charge is 2.16. The Kier molecular flexibility index (Phi) is 4.55. The molecule has 0 aliphatic carbocycles. The zero-order chi connectivity index (χ0) is 14.0. The first-order valence-electron chi connectivity index (χ1n) is 6.06. The zero-order valence-corrected chi connectivity index (χ0v) is 12.7. The number of hydrogen-bond acceptors (Lipinski definition) is 3. The molecule has 1 unspecified atom stereocenters. The van der Waals surface area contributed by atoms with Gasteiger partial charge in [-0.1, -0.05) is 17.7 Å². The second-order valence-electron chi connectivity index (χ2n) is 4.46. The number of hydrogen-bond donors (Lipinski definition) is 1. The molecule has 5 heteroatoms. The summed E-state index contributed by atoms with van der Waals surface area (Å²) >= 11 is 7.80. The normalized spacial score (nSPS) is 12.7. The smallest absolute Gasteiger partial charge is 0.124 e. The third-order valence-electron chi connectivity index (χ3n) is 3.14. The number of aryl methyl sites for hydroxylation is 2. The molecule has 0 aliphatic heterocycles. The number of likely N-dealkylation sites (N-methyl/N-ethyl adjacent to an activating group) is 1. The Bertz CT molecular complexity index is 563. The first kappa shape index (κ1) is 14.4. The molecule has 0 saturated carbocycles. The van der Waals surface area contributed by atoms with Crippen LogP contribution in [0, 0.1) is 19.7 Å². The Labute approximate surface area is 121 Å². The van der Waals surface area contributed by atoms with Gasteiger partial charge in [-0.15, -0.1) is 11.3 Å². The van der Waals surface area contributed by atoms with Crippen LogP contribution in [0.2, 0.25) is 5.02 Å². The molecule has 2 rings (SSSR count). The lowest BCUT2D eigenvalue weighted by atomic mass is 10.0. The number of aromatic nitrogens is 1. The predicted molar refractivity (Wildman–Crippen MR) is 78.5 cm³/mol. The first-order valence-corrected chi connectivity index (χ1v) is 7.26. The van der Waals surface area contributed by atoms with E-state index in [2.05, 4.69) is 17.2 Å². The van der Waals surface area contributed by atoms with E-state index in [1.807, 2.05) is 14.0 Å². The maximum atomic E-state index is 13.1. The van der Waals surface area contributed by atoms with Gasteiger partial charge in [0.05, 0.1) is 10.7 Å². The van der Waals surface area contributed by atoms with Crippen molar-refractivity contribution in [3.8, 4) is 0 Å². The molecule has 1 N–H and O–H groups in total. The lowest BCUT2D eigenvalue weighted by Gasteiger charge is -2.16. The van der Waals surface area contributed by atoms with E-state index in [0.29, 0.717) is 5.02 Å². The van der Waals surface area contributed by atoms with Crippen LogP contribution in [0.15, 0.2) is 18.2 Å². The molecule has 2 nitrogen and oxygen atoms in total. The molecule has 0 spiro atoms. The van der Waals surface area contributed by atoms with Crippen LogP contribution in [-0.4, -0.2) is 12.0 Å². The Morgan fingerprint density at radius 1 is 1.42 bits per heavy atom. The van der Waals surface area contributed by atoms with Gasteiger partial charge in [0.1, 0.15) is 5.82 Å². The van der Waals surface area contributed by atoms with Gasteiger partial charge in [0, 0.05) is 22.4 Å². The van der Waals surface area contributed by atoms with Gasteiger partial charge in [-0.2, -0.15) is 0 Å². The third kappa shape index (κ3) is 3.32. The number of halogens is 2. The SMILES string of the molecule is CNC(Cc1nc(C)c(C)s1)c1ccc(F)cc1Cl. The maximum Gasteiger partial charge on any atom is 0.124 e. The standard InChI is InChI=1S/C14H16ClFN2S/c1-8-9(2)19-14(18-8)7-13(17-3)11-5-4-10(16)6-12(11)15/h4-6,13,17H,7H2,1-3H3. The summed E-state index contributed by atoms with van der Waals surface area (Å²) in [5.74, 6) is -0.315. The lowest BCUT2D eigenvalue weighted by Crippen LogP contribution is -2.19. The summed E-state index contributed by atoms with van der Waals surface area (Å²) in [5, 5.41) is 4.73. The van der Waals surface area contributed by atoms with E-state index in [1.165, 1.54) is 17.0 Å². The van der Waals surface area contributed by atoms with Crippen LogP contribution in [-0.2, 0) is 6.42 Å². The van der Waals surface area contributed by atoms with Gasteiger partial charge in [0.15, 0.2) is 0 Å². The Morgan fingerprint density at radius 3 is 2.68 bits per heavy atom. The van der Waals surface area contributed by atoms with E-state index in [-0.39, 0.29) is 11.9 Å². The molecular formula is C14H16ClFN2S. The van der Waals surface area contributed by atoms with Crippen molar-refractivity contribution in [3.63, 3.8) is 0 Å². The Hall–Kier alpha value is -0.970. The highest BCUT2D eigenvalue weighted by Crippen LogP contribution is 2.28. The average Bonchev–Trinajstić information content (AvgIpc) is 2.66. The topological polar surface area (TPSA) is 24.9 Å². The third-order valence-corrected chi connectivity index (χ3v) is 4.56. The minimum atomic E-state index is -0.315. The minimum Gasteiger partial charge on any atom is -0.313 e. The van der Waals surface area contributed by atoms with Crippen LogP contribution >= 0.6 is 22.9 Å². The summed E-state index contributed by atoms with van der Waals surface area (Å²) in [4.78, 5) is 5.76. The summed E-state index contributed by atoms with van der Waals surface area (Å²) in [6.07, 6.45) is 0.751. The fraction of sp³-hybridized carbons (Fsp3) is 0.357. The molecule has 0 radical (unpaired) electrons. The number of benzene rings is 1. The molecule has 1 atom stereocenters. The van der Waals surface area contributed by atoms with E-state index >= 15 is 0 Å². The van der Waals surface area contributed by atoms with Crippen LogP contribution in [0.4, 0.5) is 4.39 Å². The molecule has 0 bridgehead atoms. The number of nitrogens with zero attached hydrogens (tertiary/aromatic N) is 1. The van der Waals surface area contributed by atoms with Crippen LogP contribution in [0.25, 0.3) is 0 Å². The fourth-order valence-corrected chi connectivity index (χ4v) is 3.23. The highest BCUT2D eigenvalue weighted by atomic mass is 35.5. The Morgan fingerprint density at radius 2 is 2.16 bits per heavy atom. The van der Waals surface area contributed by atoms with Crippen molar-refractivity contribution in [2.75, 3.05) is 7.05 Å². The Balaban J connectivity index is 2.24. The number of thiazole rings is 1. The molecule has 102 valence electrons. The van der Waals surface area contributed by atoms with E-state index in [9.17, 15) is 4.39 Å². The molecular weight excluding hydrogens is 283 g/mol. The second kappa shape index (κ2) is 5.99. The van der Waals surface area contributed by atoms with Crippen molar-refractivity contribution in [2.24, 2.45) is 0 Å². The molecule has 0 aliphatic rings. The van der Waals surface area contributed by atoms with Crippen molar-refractivity contribution in [3.05, 3.63) is 50.2 Å². The van der Waals surface area contributed by atoms with Gasteiger partial charge in [0.2, 0.25) is 0 Å². The van der Waals surface area contributed by atoms with Crippen molar-refractivity contribution in [1.82, 2.24) is 10.3 Å². The summed E-state index contributed by atoms with van der Waals surface area (Å²) < 4.78 is 13.1. The van der Waals surface area contributed by atoms with E-state index in [1.54, 1.807) is 17.4 Å².